The highest BCUT2D eigenvalue weighted by atomic mass is 35.5. The molecule has 0 aromatic heterocycles. The number of halogens is 1. The number of aryl methyl sites for hydroxylation is 1. The smallest absolute Gasteiger partial charge is 0.224 e. The zero-order valence-corrected chi connectivity index (χ0v) is 13.8. The summed E-state index contributed by atoms with van der Waals surface area (Å²) in [5.74, 6) is 0.709. The van der Waals surface area contributed by atoms with E-state index in [1.165, 1.54) is 0 Å². The van der Waals surface area contributed by atoms with Crippen molar-refractivity contribution in [1.82, 2.24) is 5.32 Å². The molecule has 0 aliphatic heterocycles. The van der Waals surface area contributed by atoms with Crippen molar-refractivity contribution >= 4 is 17.5 Å². The summed E-state index contributed by atoms with van der Waals surface area (Å²) in [7, 11) is 1.63. The van der Waals surface area contributed by atoms with E-state index in [1.54, 1.807) is 13.2 Å². The van der Waals surface area contributed by atoms with Crippen LogP contribution in [0.15, 0.2) is 42.5 Å². The van der Waals surface area contributed by atoms with Gasteiger partial charge in [0.15, 0.2) is 0 Å². The van der Waals surface area contributed by atoms with Gasteiger partial charge >= 0.3 is 0 Å². The maximum absolute atomic E-state index is 12.2. The standard InChI is InChI=1S/C18H20ClNO2/c1-12-8-9-17(22-3)15(10-12)13(2)20-18(21)11-14-6-4-5-7-16(14)19/h4-10,13H,11H2,1-3H3,(H,20,21)/t13-/m0/s1. The molecule has 2 rings (SSSR count). The van der Waals surface area contributed by atoms with Crippen molar-refractivity contribution in [2.24, 2.45) is 0 Å². The van der Waals surface area contributed by atoms with Gasteiger partial charge in [-0.05, 0) is 31.5 Å². The molecule has 0 saturated carbocycles. The van der Waals surface area contributed by atoms with Crippen LogP contribution in [-0.4, -0.2) is 13.0 Å². The summed E-state index contributed by atoms with van der Waals surface area (Å²) < 4.78 is 5.37. The van der Waals surface area contributed by atoms with Gasteiger partial charge in [0, 0.05) is 10.6 Å². The molecular weight excluding hydrogens is 298 g/mol. The Hall–Kier alpha value is -2.00. The number of carbonyl (C=O) groups is 1. The fraction of sp³-hybridized carbons (Fsp3) is 0.278. The summed E-state index contributed by atoms with van der Waals surface area (Å²) in [6.07, 6.45) is 0.262. The van der Waals surface area contributed by atoms with Crippen molar-refractivity contribution < 1.29 is 9.53 Å². The highest BCUT2D eigenvalue weighted by Gasteiger charge is 2.15. The number of ether oxygens (including phenoxy) is 1. The molecule has 2 aromatic rings. The topological polar surface area (TPSA) is 38.3 Å². The number of rotatable bonds is 5. The summed E-state index contributed by atoms with van der Waals surface area (Å²) in [6.45, 7) is 3.96. The first kappa shape index (κ1) is 16.4. The predicted octanol–water partition coefficient (Wildman–Crippen LogP) is 4.08. The zero-order valence-electron chi connectivity index (χ0n) is 13.0. The predicted molar refractivity (Wildman–Crippen MR) is 89.4 cm³/mol. The second kappa shape index (κ2) is 7.32. The highest BCUT2D eigenvalue weighted by Crippen LogP contribution is 2.26. The monoisotopic (exact) mass is 317 g/mol. The lowest BCUT2D eigenvalue weighted by atomic mass is 10.0. The Morgan fingerprint density at radius 3 is 2.68 bits per heavy atom. The Morgan fingerprint density at radius 2 is 2.00 bits per heavy atom. The van der Waals surface area contributed by atoms with Crippen molar-refractivity contribution in [2.45, 2.75) is 26.3 Å². The molecule has 0 aliphatic carbocycles. The van der Waals surface area contributed by atoms with E-state index in [9.17, 15) is 4.79 Å². The second-order valence-electron chi connectivity index (χ2n) is 5.30. The SMILES string of the molecule is COc1ccc(C)cc1[C@H](C)NC(=O)Cc1ccccc1Cl. The third-order valence-electron chi connectivity index (χ3n) is 3.54. The Labute approximate surface area is 136 Å². The number of hydrogen-bond acceptors (Lipinski definition) is 2. The van der Waals surface area contributed by atoms with Crippen molar-refractivity contribution in [2.75, 3.05) is 7.11 Å². The summed E-state index contributed by atoms with van der Waals surface area (Å²) in [5, 5.41) is 3.61. The number of methoxy groups -OCH3 is 1. The maximum atomic E-state index is 12.2. The van der Waals surface area contributed by atoms with Gasteiger partial charge in [-0.1, -0.05) is 47.5 Å². The average molecular weight is 318 g/mol. The van der Waals surface area contributed by atoms with E-state index in [2.05, 4.69) is 5.32 Å². The first-order valence-electron chi connectivity index (χ1n) is 7.18. The number of nitrogens with one attached hydrogen (secondary N) is 1. The van der Waals surface area contributed by atoms with Crippen LogP contribution in [0, 0.1) is 6.92 Å². The quantitative estimate of drug-likeness (QED) is 0.902. The van der Waals surface area contributed by atoms with Crippen LogP contribution in [0.2, 0.25) is 5.02 Å². The molecule has 0 bridgehead atoms. The van der Waals surface area contributed by atoms with Gasteiger partial charge in [0.2, 0.25) is 5.91 Å². The molecule has 1 N–H and O–H groups in total. The molecule has 2 aromatic carbocycles. The normalized spacial score (nSPS) is 11.8. The number of amides is 1. The van der Waals surface area contributed by atoms with E-state index in [1.807, 2.05) is 50.2 Å². The molecule has 3 nitrogen and oxygen atoms in total. The molecule has 0 radical (unpaired) electrons. The zero-order chi connectivity index (χ0) is 16.1. The summed E-state index contributed by atoms with van der Waals surface area (Å²) in [5.41, 5.74) is 2.92. The third-order valence-corrected chi connectivity index (χ3v) is 3.91. The molecule has 0 fully saturated rings. The van der Waals surface area contributed by atoms with Crippen LogP contribution in [0.25, 0.3) is 0 Å². The molecular formula is C18H20ClNO2. The summed E-state index contributed by atoms with van der Waals surface area (Å²) in [4.78, 5) is 12.2. The summed E-state index contributed by atoms with van der Waals surface area (Å²) in [6, 6.07) is 13.2. The second-order valence-corrected chi connectivity index (χ2v) is 5.71. The molecule has 22 heavy (non-hydrogen) atoms. The van der Waals surface area contributed by atoms with Crippen LogP contribution >= 0.6 is 11.6 Å². The van der Waals surface area contributed by atoms with Gasteiger partial charge in [0.25, 0.3) is 0 Å². The molecule has 0 spiro atoms. The average Bonchev–Trinajstić information content (AvgIpc) is 2.49. The lowest BCUT2D eigenvalue weighted by Crippen LogP contribution is -2.28. The van der Waals surface area contributed by atoms with Gasteiger partial charge in [0.1, 0.15) is 5.75 Å². The van der Waals surface area contributed by atoms with Gasteiger partial charge in [-0.2, -0.15) is 0 Å². The van der Waals surface area contributed by atoms with Crippen LogP contribution in [0.4, 0.5) is 0 Å². The van der Waals surface area contributed by atoms with Crippen LogP contribution < -0.4 is 10.1 Å². The van der Waals surface area contributed by atoms with E-state index < -0.39 is 0 Å². The van der Waals surface area contributed by atoms with E-state index in [4.69, 9.17) is 16.3 Å². The van der Waals surface area contributed by atoms with Gasteiger partial charge < -0.3 is 10.1 Å². The minimum absolute atomic E-state index is 0.0656. The fourth-order valence-electron chi connectivity index (χ4n) is 2.38. The number of benzene rings is 2. The lowest BCUT2D eigenvalue weighted by Gasteiger charge is -2.18. The van der Waals surface area contributed by atoms with Crippen LogP contribution in [0.3, 0.4) is 0 Å². The molecule has 0 aliphatic rings. The molecule has 4 heteroatoms. The Morgan fingerprint density at radius 1 is 1.27 bits per heavy atom. The van der Waals surface area contributed by atoms with Gasteiger partial charge in [-0.3, -0.25) is 4.79 Å². The first-order chi connectivity index (χ1) is 10.5. The lowest BCUT2D eigenvalue weighted by molar-refractivity contribution is -0.121. The van der Waals surface area contributed by atoms with E-state index in [0.29, 0.717) is 5.02 Å². The Kier molecular flexibility index (Phi) is 5.45. The molecule has 0 heterocycles. The van der Waals surface area contributed by atoms with Gasteiger partial charge in [0.05, 0.1) is 19.6 Å². The Balaban J connectivity index is 2.09. The van der Waals surface area contributed by atoms with Gasteiger partial charge in [-0.15, -0.1) is 0 Å². The maximum Gasteiger partial charge on any atom is 0.224 e. The van der Waals surface area contributed by atoms with Crippen LogP contribution in [-0.2, 0) is 11.2 Å². The number of carbonyl (C=O) groups excluding carboxylic acids is 1. The van der Waals surface area contributed by atoms with Crippen molar-refractivity contribution in [3.63, 3.8) is 0 Å². The largest absolute Gasteiger partial charge is 0.496 e. The van der Waals surface area contributed by atoms with Gasteiger partial charge in [-0.25, -0.2) is 0 Å². The first-order valence-corrected chi connectivity index (χ1v) is 7.56. The van der Waals surface area contributed by atoms with Crippen LogP contribution in [0.1, 0.15) is 29.7 Å². The van der Waals surface area contributed by atoms with E-state index >= 15 is 0 Å². The van der Waals surface area contributed by atoms with Crippen LogP contribution in [0.5, 0.6) is 5.75 Å². The highest BCUT2D eigenvalue weighted by molar-refractivity contribution is 6.31. The number of hydrogen-bond donors (Lipinski definition) is 1. The molecule has 1 atom stereocenters. The van der Waals surface area contributed by atoms with Crippen molar-refractivity contribution in [1.29, 1.82) is 0 Å². The minimum atomic E-state index is -0.134. The minimum Gasteiger partial charge on any atom is -0.496 e. The Bertz CT molecular complexity index is 670. The molecule has 0 saturated heterocycles. The van der Waals surface area contributed by atoms with E-state index in [0.717, 1.165) is 22.4 Å². The molecule has 0 unspecified atom stereocenters. The summed E-state index contributed by atoms with van der Waals surface area (Å²) >= 11 is 6.09. The van der Waals surface area contributed by atoms with Crippen molar-refractivity contribution in [3.05, 3.63) is 64.2 Å². The third kappa shape index (κ3) is 4.01. The van der Waals surface area contributed by atoms with E-state index in [-0.39, 0.29) is 18.4 Å². The molecule has 116 valence electrons. The van der Waals surface area contributed by atoms with Crippen molar-refractivity contribution in [3.8, 4) is 5.75 Å². The molecule has 1 amide bonds. The fourth-order valence-corrected chi connectivity index (χ4v) is 2.58.